The van der Waals surface area contributed by atoms with Gasteiger partial charge in [-0.15, -0.1) is 0 Å². The Morgan fingerprint density at radius 3 is 2.91 bits per heavy atom. The first kappa shape index (κ1) is 8.05. The Kier molecular flexibility index (Phi) is 2.47. The highest BCUT2D eigenvalue weighted by Crippen LogP contribution is 2.17. The molecule has 60 valence electrons. The molecular weight excluding hydrogens is 136 g/mol. The Morgan fingerprint density at radius 1 is 1.64 bits per heavy atom. The molecule has 0 aromatic heterocycles. The van der Waals surface area contributed by atoms with Crippen molar-refractivity contribution in [2.24, 2.45) is 10.9 Å². The van der Waals surface area contributed by atoms with E-state index in [2.05, 4.69) is 24.2 Å². The fourth-order valence-corrected chi connectivity index (χ4v) is 1.18. The first-order valence-electron chi connectivity index (χ1n) is 3.86. The molecule has 0 bridgehead atoms. The highest BCUT2D eigenvalue weighted by Gasteiger charge is 2.03. The van der Waals surface area contributed by atoms with Crippen molar-refractivity contribution in [1.29, 1.82) is 0 Å². The van der Waals surface area contributed by atoms with Gasteiger partial charge in [0.05, 0.1) is 5.71 Å². The van der Waals surface area contributed by atoms with Crippen LogP contribution in [0.5, 0.6) is 0 Å². The number of hydrogen-bond acceptors (Lipinski definition) is 2. The maximum Gasteiger partial charge on any atom is 0.0638 e. The van der Waals surface area contributed by atoms with Gasteiger partial charge >= 0.3 is 0 Å². The molecule has 0 aromatic rings. The first-order chi connectivity index (χ1) is 5.24. The summed E-state index contributed by atoms with van der Waals surface area (Å²) in [6.45, 7) is 4.07. The molecule has 0 radical (unpaired) electrons. The van der Waals surface area contributed by atoms with Crippen molar-refractivity contribution in [1.82, 2.24) is 0 Å². The first-order valence-corrected chi connectivity index (χ1v) is 3.86. The number of nitrogens with zero attached hydrogens (tertiary/aromatic N) is 1. The van der Waals surface area contributed by atoms with Crippen LogP contribution >= 0.6 is 0 Å². The smallest absolute Gasteiger partial charge is 0.0638 e. The monoisotopic (exact) mass is 150 g/mol. The summed E-state index contributed by atoms with van der Waals surface area (Å²) in [5.41, 5.74) is 3.51. The van der Waals surface area contributed by atoms with E-state index in [-0.39, 0.29) is 0 Å². The maximum absolute atomic E-state index is 5.17. The standard InChI is InChI=1S/C9H14N2/c1-7-4-3-5-9(6-7)8(2)11-10/h5-6H,3-4,10H2,1-2H3/b11-8+. The molecule has 0 atom stereocenters. The molecule has 0 aliphatic heterocycles. The zero-order valence-corrected chi connectivity index (χ0v) is 7.09. The summed E-state index contributed by atoms with van der Waals surface area (Å²) in [7, 11) is 0. The van der Waals surface area contributed by atoms with Crippen molar-refractivity contribution < 1.29 is 0 Å². The van der Waals surface area contributed by atoms with E-state index in [1.807, 2.05) is 6.92 Å². The second-order valence-electron chi connectivity index (χ2n) is 2.90. The van der Waals surface area contributed by atoms with Gasteiger partial charge in [0.1, 0.15) is 0 Å². The van der Waals surface area contributed by atoms with Crippen LogP contribution < -0.4 is 5.84 Å². The fraction of sp³-hybridized carbons (Fsp3) is 0.444. The van der Waals surface area contributed by atoms with Gasteiger partial charge in [0, 0.05) is 0 Å². The van der Waals surface area contributed by atoms with E-state index in [0.717, 1.165) is 12.1 Å². The quantitative estimate of drug-likeness (QED) is 0.346. The molecule has 2 N–H and O–H groups in total. The van der Waals surface area contributed by atoms with Crippen LogP contribution in [0.2, 0.25) is 0 Å². The van der Waals surface area contributed by atoms with E-state index in [4.69, 9.17) is 5.84 Å². The predicted octanol–water partition coefficient (Wildman–Crippen LogP) is 1.99. The topological polar surface area (TPSA) is 38.4 Å². The molecule has 0 heterocycles. The minimum Gasteiger partial charge on any atom is -0.323 e. The lowest BCUT2D eigenvalue weighted by Gasteiger charge is -2.09. The Labute approximate surface area is 67.5 Å². The fourth-order valence-electron chi connectivity index (χ4n) is 1.18. The lowest BCUT2D eigenvalue weighted by atomic mass is 9.98. The summed E-state index contributed by atoms with van der Waals surface area (Å²) in [5, 5.41) is 3.65. The van der Waals surface area contributed by atoms with Crippen LogP contribution in [0.4, 0.5) is 0 Å². The van der Waals surface area contributed by atoms with E-state index in [1.54, 1.807) is 0 Å². The number of rotatable bonds is 1. The lowest BCUT2D eigenvalue weighted by molar-refractivity contribution is 0.954. The average molecular weight is 150 g/mol. The molecule has 0 fully saturated rings. The SMILES string of the molecule is CC1=CC(/C(C)=N/N)=CCC1. The van der Waals surface area contributed by atoms with Gasteiger partial charge in [-0.1, -0.05) is 17.7 Å². The molecule has 11 heavy (non-hydrogen) atoms. The number of hydrogen-bond donors (Lipinski definition) is 1. The maximum atomic E-state index is 5.17. The highest BCUT2D eigenvalue weighted by atomic mass is 15.1. The largest absolute Gasteiger partial charge is 0.323 e. The van der Waals surface area contributed by atoms with E-state index < -0.39 is 0 Å². The summed E-state index contributed by atoms with van der Waals surface area (Å²) in [6, 6.07) is 0. The summed E-state index contributed by atoms with van der Waals surface area (Å²) in [6.07, 6.45) is 6.61. The Balaban J connectivity index is 2.82. The van der Waals surface area contributed by atoms with Crippen LogP contribution in [0.3, 0.4) is 0 Å². The van der Waals surface area contributed by atoms with Crippen LogP contribution in [0.15, 0.2) is 28.4 Å². The Morgan fingerprint density at radius 2 is 2.36 bits per heavy atom. The molecule has 1 rings (SSSR count). The molecule has 0 aromatic carbocycles. The van der Waals surface area contributed by atoms with Gasteiger partial charge in [0.2, 0.25) is 0 Å². The van der Waals surface area contributed by atoms with Crippen molar-refractivity contribution in [3.05, 3.63) is 23.3 Å². The summed E-state index contributed by atoms with van der Waals surface area (Å²) >= 11 is 0. The molecule has 1 aliphatic carbocycles. The van der Waals surface area contributed by atoms with Gasteiger partial charge in [-0.25, -0.2) is 0 Å². The molecule has 2 heteroatoms. The minimum atomic E-state index is 0.920. The molecule has 2 nitrogen and oxygen atoms in total. The van der Waals surface area contributed by atoms with Crippen molar-refractivity contribution in [2.45, 2.75) is 26.7 Å². The van der Waals surface area contributed by atoms with Crippen LogP contribution in [-0.2, 0) is 0 Å². The zero-order chi connectivity index (χ0) is 8.27. The summed E-state index contributed by atoms with van der Waals surface area (Å²) in [5.74, 6) is 5.17. The number of nitrogens with two attached hydrogens (primary N) is 1. The van der Waals surface area contributed by atoms with Gasteiger partial charge in [-0.2, -0.15) is 5.10 Å². The second-order valence-corrected chi connectivity index (χ2v) is 2.90. The summed E-state index contributed by atoms with van der Waals surface area (Å²) < 4.78 is 0. The van der Waals surface area contributed by atoms with Crippen molar-refractivity contribution >= 4 is 5.71 Å². The van der Waals surface area contributed by atoms with Gasteiger partial charge < -0.3 is 5.84 Å². The molecular formula is C9H14N2. The third-order valence-corrected chi connectivity index (χ3v) is 1.92. The molecule has 1 aliphatic rings. The van der Waals surface area contributed by atoms with Crippen molar-refractivity contribution in [3.63, 3.8) is 0 Å². The van der Waals surface area contributed by atoms with E-state index in [1.165, 1.54) is 17.6 Å². The van der Waals surface area contributed by atoms with Crippen LogP contribution in [0.25, 0.3) is 0 Å². The van der Waals surface area contributed by atoms with Crippen LogP contribution in [0, 0.1) is 0 Å². The third kappa shape index (κ3) is 1.93. The zero-order valence-electron chi connectivity index (χ0n) is 7.09. The normalized spacial score (nSPS) is 19.3. The van der Waals surface area contributed by atoms with Crippen molar-refractivity contribution in [2.75, 3.05) is 0 Å². The second kappa shape index (κ2) is 3.37. The summed E-state index contributed by atoms with van der Waals surface area (Å²) in [4.78, 5) is 0. The van der Waals surface area contributed by atoms with Gasteiger partial charge in [-0.05, 0) is 32.3 Å². The van der Waals surface area contributed by atoms with Gasteiger partial charge in [0.25, 0.3) is 0 Å². The van der Waals surface area contributed by atoms with Gasteiger partial charge in [0.15, 0.2) is 0 Å². The van der Waals surface area contributed by atoms with Crippen molar-refractivity contribution in [3.8, 4) is 0 Å². The van der Waals surface area contributed by atoms with Gasteiger partial charge in [-0.3, -0.25) is 0 Å². The minimum absolute atomic E-state index is 0.920. The molecule has 0 amide bonds. The van der Waals surface area contributed by atoms with E-state index in [9.17, 15) is 0 Å². The van der Waals surface area contributed by atoms with Crippen LogP contribution in [-0.4, -0.2) is 5.71 Å². The number of allylic oxidation sites excluding steroid dienone is 4. The molecule has 0 saturated carbocycles. The highest BCUT2D eigenvalue weighted by molar-refractivity contribution is 6.00. The predicted molar refractivity (Wildman–Crippen MR) is 48.4 cm³/mol. The van der Waals surface area contributed by atoms with E-state index in [0.29, 0.717) is 0 Å². The molecule has 0 unspecified atom stereocenters. The van der Waals surface area contributed by atoms with E-state index >= 15 is 0 Å². The lowest BCUT2D eigenvalue weighted by Crippen LogP contribution is -2.02. The average Bonchev–Trinajstić information content (AvgIpc) is 2.03. The molecule has 0 saturated heterocycles. The van der Waals surface area contributed by atoms with Crippen LogP contribution in [0.1, 0.15) is 26.7 Å². The Bertz CT molecular complexity index is 234. The Hall–Kier alpha value is -1.05. The molecule has 0 spiro atoms. The number of hydrazone groups is 1. The third-order valence-electron chi connectivity index (χ3n) is 1.92.